The zero-order valence-corrected chi connectivity index (χ0v) is 12.9. The molecule has 2 aromatic carbocycles. The van der Waals surface area contributed by atoms with Crippen LogP contribution in [0.4, 0.5) is 6.01 Å². The number of aliphatic hydroxyl groups is 1. The van der Waals surface area contributed by atoms with E-state index in [2.05, 4.69) is 9.88 Å². The highest BCUT2D eigenvalue weighted by Crippen LogP contribution is 2.32. The van der Waals surface area contributed by atoms with Crippen molar-refractivity contribution in [3.63, 3.8) is 0 Å². The summed E-state index contributed by atoms with van der Waals surface area (Å²) in [4.78, 5) is 6.74. The van der Waals surface area contributed by atoms with Gasteiger partial charge in [-0.15, -0.1) is 0 Å². The van der Waals surface area contributed by atoms with Crippen LogP contribution in [0, 0.1) is 5.92 Å². The second-order valence-electron chi connectivity index (χ2n) is 6.14. The molecule has 3 aromatic rings. The van der Waals surface area contributed by atoms with Crippen LogP contribution in [-0.2, 0) is 0 Å². The fraction of sp³-hybridized carbons (Fsp3) is 0.316. The van der Waals surface area contributed by atoms with Crippen LogP contribution in [0.3, 0.4) is 0 Å². The smallest absolute Gasteiger partial charge is 0.298 e. The van der Waals surface area contributed by atoms with Gasteiger partial charge in [-0.2, -0.15) is 4.98 Å². The van der Waals surface area contributed by atoms with E-state index in [0.717, 1.165) is 42.6 Å². The molecule has 0 spiro atoms. The molecule has 0 radical (unpaired) electrons. The zero-order valence-electron chi connectivity index (χ0n) is 12.9. The van der Waals surface area contributed by atoms with Crippen LogP contribution in [0.25, 0.3) is 11.1 Å². The number of aliphatic hydroxyl groups excluding tert-OH is 1. The van der Waals surface area contributed by atoms with E-state index in [1.807, 2.05) is 54.6 Å². The van der Waals surface area contributed by atoms with Gasteiger partial charge in [0.05, 0.1) is 6.10 Å². The number of oxazole rings is 1. The Hall–Kier alpha value is -2.33. The maximum Gasteiger partial charge on any atom is 0.298 e. The molecule has 23 heavy (non-hydrogen) atoms. The minimum Gasteiger partial charge on any atom is -0.423 e. The van der Waals surface area contributed by atoms with Gasteiger partial charge in [0.2, 0.25) is 0 Å². The SMILES string of the molecule is O[C@@H](c1ccccc1)C1CCN(c2nc3ccccc3o2)CC1. The summed E-state index contributed by atoms with van der Waals surface area (Å²) in [7, 11) is 0. The van der Waals surface area contributed by atoms with Gasteiger partial charge in [-0.1, -0.05) is 42.5 Å². The van der Waals surface area contributed by atoms with Crippen molar-refractivity contribution >= 4 is 17.1 Å². The van der Waals surface area contributed by atoms with E-state index in [-0.39, 0.29) is 12.0 Å². The van der Waals surface area contributed by atoms with Gasteiger partial charge in [0.1, 0.15) is 5.52 Å². The van der Waals surface area contributed by atoms with Gasteiger partial charge in [0.25, 0.3) is 6.01 Å². The standard InChI is InChI=1S/C19H20N2O2/c22-18(14-6-2-1-3-7-14)15-10-12-21(13-11-15)19-20-16-8-4-5-9-17(16)23-19/h1-9,15,18,22H,10-13H2/t18-/m0/s1. The fourth-order valence-electron chi connectivity index (χ4n) is 3.32. The Kier molecular flexibility index (Phi) is 3.75. The molecule has 2 heterocycles. The number of hydrogen-bond acceptors (Lipinski definition) is 4. The maximum atomic E-state index is 10.6. The lowest BCUT2D eigenvalue weighted by Crippen LogP contribution is -2.35. The first-order valence-corrected chi connectivity index (χ1v) is 8.15. The topological polar surface area (TPSA) is 49.5 Å². The summed E-state index contributed by atoms with van der Waals surface area (Å²) in [6, 6.07) is 18.5. The summed E-state index contributed by atoms with van der Waals surface area (Å²) in [6.45, 7) is 1.72. The summed E-state index contributed by atoms with van der Waals surface area (Å²) >= 11 is 0. The molecule has 118 valence electrons. The van der Waals surface area contributed by atoms with Crippen LogP contribution in [0.5, 0.6) is 0 Å². The molecule has 4 rings (SSSR count). The lowest BCUT2D eigenvalue weighted by molar-refractivity contribution is 0.0923. The third-order valence-corrected chi connectivity index (χ3v) is 4.68. The van der Waals surface area contributed by atoms with Crippen molar-refractivity contribution in [3.8, 4) is 0 Å². The van der Waals surface area contributed by atoms with E-state index in [9.17, 15) is 5.11 Å². The summed E-state index contributed by atoms with van der Waals surface area (Å²) in [5.41, 5.74) is 2.73. The number of fused-ring (bicyclic) bond motifs is 1. The van der Waals surface area contributed by atoms with Crippen molar-refractivity contribution in [2.24, 2.45) is 5.92 Å². The van der Waals surface area contributed by atoms with Gasteiger partial charge < -0.3 is 14.4 Å². The van der Waals surface area contributed by atoms with Crippen molar-refractivity contribution in [2.45, 2.75) is 18.9 Å². The predicted octanol–water partition coefficient (Wildman–Crippen LogP) is 3.78. The van der Waals surface area contributed by atoms with Gasteiger partial charge >= 0.3 is 0 Å². The van der Waals surface area contributed by atoms with Crippen LogP contribution >= 0.6 is 0 Å². The molecule has 4 heteroatoms. The van der Waals surface area contributed by atoms with Crippen LogP contribution in [0.15, 0.2) is 59.0 Å². The average molecular weight is 308 g/mol. The number of hydrogen-bond donors (Lipinski definition) is 1. The fourth-order valence-corrected chi connectivity index (χ4v) is 3.32. The van der Waals surface area contributed by atoms with E-state index in [1.54, 1.807) is 0 Å². The van der Waals surface area contributed by atoms with Crippen LogP contribution in [0.2, 0.25) is 0 Å². The Balaban J connectivity index is 1.44. The summed E-state index contributed by atoms with van der Waals surface area (Å²) in [5, 5.41) is 10.6. The third kappa shape index (κ3) is 2.82. The number of rotatable bonds is 3. The molecule has 0 aliphatic carbocycles. The Morgan fingerprint density at radius 3 is 2.43 bits per heavy atom. The van der Waals surface area contributed by atoms with E-state index >= 15 is 0 Å². The van der Waals surface area contributed by atoms with Gasteiger partial charge in [0.15, 0.2) is 5.58 Å². The minimum absolute atomic E-state index is 0.290. The number of para-hydroxylation sites is 2. The van der Waals surface area contributed by atoms with Gasteiger partial charge in [0, 0.05) is 13.1 Å². The molecule has 1 N–H and O–H groups in total. The van der Waals surface area contributed by atoms with Crippen molar-refractivity contribution < 1.29 is 9.52 Å². The quantitative estimate of drug-likeness (QED) is 0.800. The monoisotopic (exact) mass is 308 g/mol. The Morgan fingerprint density at radius 1 is 1.00 bits per heavy atom. The summed E-state index contributed by atoms with van der Waals surface area (Å²) in [6.07, 6.45) is 1.49. The largest absolute Gasteiger partial charge is 0.423 e. The van der Waals surface area contributed by atoms with Crippen molar-refractivity contribution in [2.75, 3.05) is 18.0 Å². The molecule has 1 aliphatic heterocycles. The van der Waals surface area contributed by atoms with Gasteiger partial charge in [-0.05, 0) is 36.5 Å². The van der Waals surface area contributed by atoms with Crippen LogP contribution in [-0.4, -0.2) is 23.2 Å². The molecule has 1 saturated heterocycles. The van der Waals surface area contributed by atoms with Crippen molar-refractivity contribution in [1.29, 1.82) is 0 Å². The van der Waals surface area contributed by atoms with Crippen LogP contribution in [0.1, 0.15) is 24.5 Å². The molecule has 1 aliphatic rings. The minimum atomic E-state index is -0.387. The first-order chi connectivity index (χ1) is 11.3. The molecule has 0 amide bonds. The van der Waals surface area contributed by atoms with E-state index < -0.39 is 0 Å². The zero-order chi connectivity index (χ0) is 15.6. The first-order valence-electron chi connectivity index (χ1n) is 8.15. The highest BCUT2D eigenvalue weighted by molar-refractivity contribution is 5.74. The van der Waals surface area contributed by atoms with Crippen molar-refractivity contribution in [1.82, 2.24) is 4.98 Å². The third-order valence-electron chi connectivity index (χ3n) is 4.68. The van der Waals surface area contributed by atoms with E-state index in [1.165, 1.54) is 0 Å². The highest BCUT2D eigenvalue weighted by atomic mass is 16.4. The molecule has 1 atom stereocenters. The normalized spacial score (nSPS) is 17.5. The number of anilines is 1. The second kappa shape index (κ2) is 6.05. The number of nitrogens with zero attached hydrogens (tertiary/aromatic N) is 2. The molecule has 0 unspecified atom stereocenters. The molecule has 1 fully saturated rings. The van der Waals surface area contributed by atoms with Gasteiger partial charge in [-0.3, -0.25) is 0 Å². The molecular weight excluding hydrogens is 288 g/mol. The molecule has 4 nitrogen and oxygen atoms in total. The Bertz CT molecular complexity index is 743. The molecule has 0 saturated carbocycles. The second-order valence-corrected chi connectivity index (χ2v) is 6.14. The van der Waals surface area contributed by atoms with E-state index in [4.69, 9.17) is 4.42 Å². The Labute approximate surface area is 135 Å². The predicted molar refractivity (Wildman–Crippen MR) is 90.3 cm³/mol. The lowest BCUT2D eigenvalue weighted by Gasteiger charge is -2.33. The van der Waals surface area contributed by atoms with Crippen LogP contribution < -0.4 is 4.90 Å². The number of aromatic nitrogens is 1. The number of piperidine rings is 1. The summed E-state index contributed by atoms with van der Waals surface area (Å²) in [5.74, 6) is 0.290. The molecule has 1 aromatic heterocycles. The summed E-state index contributed by atoms with van der Waals surface area (Å²) < 4.78 is 5.84. The van der Waals surface area contributed by atoms with E-state index in [0.29, 0.717) is 6.01 Å². The van der Waals surface area contributed by atoms with Gasteiger partial charge in [-0.25, -0.2) is 0 Å². The molecular formula is C19H20N2O2. The van der Waals surface area contributed by atoms with Crippen molar-refractivity contribution in [3.05, 3.63) is 60.2 Å². The first kappa shape index (κ1) is 14.3. The maximum absolute atomic E-state index is 10.6. The lowest BCUT2D eigenvalue weighted by atomic mass is 9.87. The highest BCUT2D eigenvalue weighted by Gasteiger charge is 2.28. The average Bonchev–Trinajstić information content (AvgIpc) is 3.06. The Morgan fingerprint density at radius 2 is 1.70 bits per heavy atom. The number of benzene rings is 2. The molecule has 0 bridgehead atoms.